The molecular formula is C21H16ClFN8O3. The molecule has 0 saturated carbocycles. The molecule has 1 saturated heterocycles. The second kappa shape index (κ2) is 8.63. The summed E-state index contributed by atoms with van der Waals surface area (Å²) in [6, 6.07) is 9.62. The summed E-state index contributed by atoms with van der Waals surface area (Å²) >= 11 is 6.13. The molecule has 172 valence electrons. The number of hydrogen-bond donors (Lipinski definition) is 0. The standard InChI is InChI=1S/C21H16ClFN8O3/c22-17-6-5-15(31(33)34)11-16(17)21(32)29-9-7-28(8-10-29)19-18-20(25-12-24-19)30(27-26-18)14-3-1-13(23)2-4-14/h1-6,11-12H,7-10H2. The van der Waals surface area contributed by atoms with E-state index in [9.17, 15) is 19.3 Å². The van der Waals surface area contributed by atoms with E-state index < -0.39 is 4.92 Å². The van der Waals surface area contributed by atoms with Crippen molar-refractivity contribution >= 4 is 40.2 Å². The number of nitro groups is 1. The fourth-order valence-corrected chi connectivity index (χ4v) is 4.01. The number of aromatic nitrogens is 5. The predicted molar refractivity (Wildman–Crippen MR) is 121 cm³/mol. The summed E-state index contributed by atoms with van der Waals surface area (Å²) in [6.45, 7) is 1.62. The first-order chi connectivity index (χ1) is 16.4. The van der Waals surface area contributed by atoms with Crippen molar-refractivity contribution in [2.24, 2.45) is 0 Å². The number of benzene rings is 2. The summed E-state index contributed by atoms with van der Waals surface area (Å²) < 4.78 is 14.8. The predicted octanol–water partition coefficient (Wildman–Crippen LogP) is 2.87. The Bertz CT molecular complexity index is 1400. The molecule has 1 aliphatic heterocycles. The maximum absolute atomic E-state index is 13.3. The second-order valence-electron chi connectivity index (χ2n) is 7.55. The minimum Gasteiger partial charge on any atom is -0.351 e. The van der Waals surface area contributed by atoms with Gasteiger partial charge in [0.25, 0.3) is 11.6 Å². The quantitative estimate of drug-likeness (QED) is 0.321. The van der Waals surface area contributed by atoms with Crippen LogP contribution in [-0.4, -0.2) is 66.9 Å². The lowest BCUT2D eigenvalue weighted by Gasteiger charge is -2.35. The van der Waals surface area contributed by atoms with Crippen molar-refractivity contribution in [2.45, 2.75) is 0 Å². The molecule has 0 N–H and O–H groups in total. The molecular weight excluding hydrogens is 467 g/mol. The molecule has 11 nitrogen and oxygen atoms in total. The van der Waals surface area contributed by atoms with E-state index in [4.69, 9.17) is 11.6 Å². The van der Waals surface area contributed by atoms with Crippen LogP contribution in [0.15, 0.2) is 48.8 Å². The van der Waals surface area contributed by atoms with Crippen molar-refractivity contribution in [1.29, 1.82) is 0 Å². The van der Waals surface area contributed by atoms with Gasteiger partial charge in [0.05, 0.1) is 21.2 Å². The summed E-state index contributed by atoms with van der Waals surface area (Å²) in [6.07, 6.45) is 1.40. The fourth-order valence-electron chi connectivity index (χ4n) is 3.81. The van der Waals surface area contributed by atoms with E-state index in [0.717, 1.165) is 0 Å². The van der Waals surface area contributed by atoms with E-state index in [-0.39, 0.29) is 28.0 Å². The molecule has 1 fully saturated rings. The maximum Gasteiger partial charge on any atom is 0.270 e. The number of fused-ring (bicyclic) bond motifs is 1. The Morgan fingerprint density at radius 1 is 1.06 bits per heavy atom. The third-order valence-corrected chi connectivity index (χ3v) is 5.88. The number of carbonyl (C=O) groups excluding carboxylic acids is 1. The molecule has 2 aromatic heterocycles. The average Bonchev–Trinajstić information content (AvgIpc) is 3.29. The second-order valence-corrected chi connectivity index (χ2v) is 7.95. The summed E-state index contributed by atoms with van der Waals surface area (Å²) in [5.74, 6) is -0.162. The van der Waals surface area contributed by atoms with Crippen LogP contribution in [0.3, 0.4) is 0 Å². The summed E-state index contributed by atoms with van der Waals surface area (Å²) in [4.78, 5) is 35.7. The van der Waals surface area contributed by atoms with Crippen molar-refractivity contribution < 1.29 is 14.1 Å². The molecule has 0 radical (unpaired) electrons. The van der Waals surface area contributed by atoms with Gasteiger partial charge >= 0.3 is 0 Å². The number of nitro benzene ring substituents is 1. The van der Waals surface area contributed by atoms with Gasteiger partial charge in [-0.15, -0.1) is 5.10 Å². The fraction of sp³-hybridized carbons (Fsp3) is 0.190. The summed E-state index contributed by atoms with van der Waals surface area (Å²) in [5.41, 5.74) is 1.46. The number of halogens is 2. The van der Waals surface area contributed by atoms with Gasteiger partial charge in [-0.2, -0.15) is 4.68 Å². The normalized spacial score (nSPS) is 13.9. The molecule has 0 bridgehead atoms. The highest BCUT2D eigenvalue weighted by Gasteiger charge is 2.27. The lowest BCUT2D eigenvalue weighted by Crippen LogP contribution is -2.49. The molecule has 13 heteroatoms. The SMILES string of the molecule is O=C(c1cc([N+](=O)[O-])ccc1Cl)N1CCN(c2ncnc3c2nnn3-c2ccc(F)cc2)CC1. The maximum atomic E-state index is 13.3. The van der Waals surface area contributed by atoms with Crippen molar-refractivity contribution in [2.75, 3.05) is 31.1 Å². The Hall–Kier alpha value is -4.19. The van der Waals surface area contributed by atoms with Crippen LogP contribution < -0.4 is 4.90 Å². The van der Waals surface area contributed by atoms with E-state index in [2.05, 4.69) is 20.3 Å². The van der Waals surface area contributed by atoms with Gasteiger partial charge in [0, 0.05) is 38.3 Å². The number of anilines is 1. The highest BCUT2D eigenvalue weighted by molar-refractivity contribution is 6.33. The van der Waals surface area contributed by atoms with Crippen LogP contribution in [-0.2, 0) is 0 Å². The monoisotopic (exact) mass is 482 g/mol. The molecule has 4 aromatic rings. The topological polar surface area (TPSA) is 123 Å². The number of non-ortho nitro benzene ring substituents is 1. The number of piperazine rings is 1. The smallest absolute Gasteiger partial charge is 0.270 e. The molecule has 3 heterocycles. The van der Waals surface area contributed by atoms with Crippen molar-refractivity contribution in [3.05, 3.63) is 75.3 Å². The van der Waals surface area contributed by atoms with E-state index in [1.54, 1.807) is 17.0 Å². The Morgan fingerprint density at radius 3 is 2.50 bits per heavy atom. The Kier molecular flexibility index (Phi) is 5.49. The van der Waals surface area contributed by atoms with Crippen LogP contribution in [0, 0.1) is 15.9 Å². The van der Waals surface area contributed by atoms with Crippen LogP contribution in [0.4, 0.5) is 15.9 Å². The first-order valence-electron chi connectivity index (χ1n) is 10.2. The van der Waals surface area contributed by atoms with E-state index in [1.165, 1.54) is 41.3 Å². The molecule has 1 aliphatic rings. The third-order valence-electron chi connectivity index (χ3n) is 5.55. The number of carbonyl (C=O) groups is 1. The molecule has 0 spiro atoms. The lowest BCUT2D eigenvalue weighted by molar-refractivity contribution is -0.384. The molecule has 34 heavy (non-hydrogen) atoms. The first kappa shape index (κ1) is 21.6. The van der Waals surface area contributed by atoms with Gasteiger partial charge in [0.15, 0.2) is 17.0 Å². The average molecular weight is 483 g/mol. The number of nitrogens with zero attached hydrogens (tertiary/aromatic N) is 8. The first-order valence-corrected chi connectivity index (χ1v) is 10.6. The van der Waals surface area contributed by atoms with Gasteiger partial charge in [-0.05, 0) is 30.3 Å². The number of amides is 1. The summed E-state index contributed by atoms with van der Waals surface area (Å²) in [5, 5.41) is 19.6. The van der Waals surface area contributed by atoms with Crippen LogP contribution in [0.2, 0.25) is 5.02 Å². The Labute approximate surface area is 196 Å². The molecule has 1 amide bonds. The number of rotatable bonds is 4. The molecule has 0 atom stereocenters. The Morgan fingerprint density at radius 2 is 1.79 bits per heavy atom. The van der Waals surface area contributed by atoms with E-state index in [0.29, 0.717) is 48.8 Å². The van der Waals surface area contributed by atoms with Gasteiger partial charge in [-0.25, -0.2) is 14.4 Å². The van der Waals surface area contributed by atoms with Gasteiger partial charge in [0.1, 0.15) is 12.1 Å². The number of hydrogen-bond acceptors (Lipinski definition) is 8. The molecule has 5 rings (SSSR count). The summed E-state index contributed by atoms with van der Waals surface area (Å²) in [7, 11) is 0. The highest BCUT2D eigenvalue weighted by atomic mass is 35.5. The zero-order valence-electron chi connectivity index (χ0n) is 17.5. The van der Waals surface area contributed by atoms with Gasteiger partial charge in [-0.1, -0.05) is 16.8 Å². The van der Waals surface area contributed by atoms with Crippen molar-refractivity contribution in [1.82, 2.24) is 29.9 Å². The Balaban J connectivity index is 1.36. The van der Waals surface area contributed by atoms with Crippen molar-refractivity contribution in [3.63, 3.8) is 0 Å². The highest BCUT2D eigenvalue weighted by Crippen LogP contribution is 2.26. The van der Waals surface area contributed by atoms with Crippen LogP contribution in [0.5, 0.6) is 0 Å². The molecule has 0 unspecified atom stereocenters. The van der Waals surface area contributed by atoms with E-state index in [1.807, 2.05) is 4.90 Å². The third kappa shape index (κ3) is 3.88. The van der Waals surface area contributed by atoms with Crippen LogP contribution >= 0.6 is 11.6 Å². The zero-order valence-corrected chi connectivity index (χ0v) is 18.3. The minimum absolute atomic E-state index is 0.0935. The van der Waals surface area contributed by atoms with Gasteiger partial charge in [0.2, 0.25) is 0 Å². The molecule has 0 aliphatic carbocycles. The van der Waals surface area contributed by atoms with E-state index >= 15 is 0 Å². The largest absolute Gasteiger partial charge is 0.351 e. The van der Waals surface area contributed by atoms with Crippen molar-refractivity contribution in [3.8, 4) is 5.69 Å². The zero-order chi connectivity index (χ0) is 23.8. The van der Waals surface area contributed by atoms with Gasteiger partial charge < -0.3 is 9.80 Å². The van der Waals surface area contributed by atoms with Crippen LogP contribution in [0.25, 0.3) is 16.9 Å². The lowest BCUT2D eigenvalue weighted by atomic mass is 10.1. The molecule has 2 aromatic carbocycles. The minimum atomic E-state index is -0.565. The van der Waals surface area contributed by atoms with Gasteiger partial charge in [-0.3, -0.25) is 14.9 Å². The van der Waals surface area contributed by atoms with Crippen LogP contribution in [0.1, 0.15) is 10.4 Å².